The summed E-state index contributed by atoms with van der Waals surface area (Å²) < 4.78 is 5.08. The SMILES string of the molecule is CC(C)(C)OC(=O)NCC=Cc1nc(CO)cs1. The number of alkyl carbamates (subject to hydrolysis) is 1. The molecule has 1 heterocycles. The monoisotopic (exact) mass is 270 g/mol. The Kier molecular flexibility index (Phi) is 5.30. The van der Waals surface area contributed by atoms with Crippen LogP contribution in [0.5, 0.6) is 0 Å². The van der Waals surface area contributed by atoms with Gasteiger partial charge in [0.15, 0.2) is 0 Å². The number of ether oxygens (including phenoxy) is 1. The van der Waals surface area contributed by atoms with E-state index in [2.05, 4.69) is 10.3 Å². The fourth-order valence-corrected chi connectivity index (χ4v) is 1.82. The zero-order chi connectivity index (χ0) is 13.6. The summed E-state index contributed by atoms with van der Waals surface area (Å²) in [5.74, 6) is 0. The number of thiazole rings is 1. The van der Waals surface area contributed by atoms with Crippen molar-refractivity contribution in [1.29, 1.82) is 0 Å². The summed E-state index contributed by atoms with van der Waals surface area (Å²) in [4.78, 5) is 15.4. The van der Waals surface area contributed by atoms with Gasteiger partial charge < -0.3 is 15.2 Å². The van der Waals surface area contributed by atoms with Crippen molar-refractivity contribution in [3.05, 3.63) is 22.2 Å². The molecule has 0 radical (unpaired) electrons. The first kappa shape index (κ1) is 14.7. The van der Waals surface area contributed by atoms with E-state index in [1.165, 1.54) is 11.3 Å². The van der Waals surface area contributed by atoms with Gasteiger partial charge in [0.25, 0.3) is 0 Å². The predicted molar refractivity (Wildman–Crippen MR) is 71.3 cm³/mol. The van der Waals surface area contributed by atoms with Gasteiger partial charge in [0.05, 0.1) is 12.3 Å². The van der Waals surface area contributed by atoms with Crippen LogP contribution in [0.2, 0.25) is 0 Å². The molecule has 0 bridgehead atoms. The highest BCUT2D eigenvalue weighted by atomic mass is 32.1. The maximum atomic E-state index is 11.3. The lowest BCUT2D eigenvalue weighted by Crippen LogP contribution is -2.32. The number of nitrogens with zero attached hydrogens (tertiary/aromatic N) is 1. The van der Waals surface area contributed by atoms with E-state index in [1.54, 1.807) is 17.5 Å². The molecule has 2 N–H and O–H groups in total. The van der Waals surface area contributed by atoms with Gasteiger partial charge in [-0.2, -0.15) is 0 Å². The Labute approximate surface area is 111 Å². The van der Waals surface area contributed by atoms with E-state index in [0.717, 1.165) is 5.01 Å². The van der Waals surface area contributed by atoms with Crippen molar-refractivity contribution < 1.29 is 14.6 Å². The van der Waals surface area contributed by atoms with E-state index < -0.39 is 11.7 Å². The lowest BCUT2D eigenvalue weighted by Gasteiger charge is -2.19. The first-order chi connectivity index (χ1) is 8.40. The minimum Gasteiger partial charge on any atom is -0.444 e. The molecule has 6 heteroatoms. The summed E-state index contributed by atoms with van der Waals surface area (Å²) in [6.45, 7) is 5.76. The number of amides is 1. The number of aliphatic hydroxyl groups excluding tert-OH is 1. The third-order valence-electron chi connectivity index (χ3n) is 1.76. The summed E-state index contributed by atoms with van der Waals surface area (Å²) in [7, 11) is 0. The molecular weight excluding hydrogens is 252 g/mol. The van der Waals surface area contributed by atoms with Crippen LogP contribution >= 0.6 is 11.3 Å². The molecule has 100 valence electrons. The fraction of sp³-hybridized carbons (Fsp3) is 0.500. The summed E-state index contributed by atoms with van der Waals surface area (Å²) in [5.41, 5.74) is 0.166. The number of rotatable bonds is 4. The minimum absolute atomic E-state index is 0.0551. The fourth-order valence-electron chi connectivity index (χ4n) is 1.09. The third kappa shape index (κ3) is 5.79. The highest BCUT2D eigenvalue weighted by Crippen LogP contribution is 2.11. The molecular formula is C12H18N2O3S. The minimum atomic E-state index is -0.487. The van der Waals surface area contributed by atoms with Crippen LogP contribution < -0.4 is 5.32 Å². The molecule has 0 unspecified atom stereocenters. The number of carbonyl (C=O) groups excluding carboxylic acids is 1. The zero-order valence-corrected chi connectivity index (χ0v) is 11.6. The molecule has 18 heavy (non-hydrogen) atoms. The summed E-state index contributed by atoms with van der Waals surface area (Å²) in [6, 6.07) is 0. The second-order valence-electron chi connectivity index (χ2n) is 4.62. The van der Waals surface area contributed by atoms with Gasteiger partial charge in [-0.05, 0) is 26.8 Å². The van der Waals surface area contributed by atoms with Crippen LogP contribution in [0, 0.1) is 0 Å². The van der Waals surface area contributed by atoms with Gasteiger partial charge >= 0.3 is 6.09 Å². The maximum Gasteiger partial charge on any atom is 0.407 e. The molecule has 1 amide bonds. The van der Waals surface area contributed by atoms with Crippen molar-refractivity contribution in [2.45, 2.75) is 33.0 Å². The molecule has 0 atom stereocenters. The molecule has 0 aliphatic heterocycles. The average molecular weight is 270 g/mol. The highest BCUT2D eigenvalue weighted by Gasteiger charge is 2.14. The Morgan fingerprint density at radius 1 is 1.61 bits per heavy atom. The molecule has 1 aromatic rings. The van der Waals surface area contributed by atoms with E-state index in [9.17, 15) is 4.79 Å². The molecule has 0 saturated heterocycles. The van der Waals surface area contributed by atoms with E-state index in [0.29, 0.717) is 12.2 Å². The van der Waals surface area contributed by atoms with Crippen molar-refractivity contribution in [2.75, 3.05) is 6.54 Å². The number of hydrogen-bond acceptors (Lipinski definition) is 5. The quantitative estimate of drug-likeness (QED) is 0.879. The number of aromatic nitrogens is 1. The standard InChI is InChI=1S/C12H18N2O3S/c1-12(2,3)17-11(16)13-6-4-5-10-14-9(7-15)8-18-10/h4-5,8,15H,6-7H2,1-3H3,(H,13,16). The van der Waals surface area contributed by atoms with Crippen LogP contribution in [0.25, 0.3) is 6.08 Å². The first-order valence-electron chi connectivity index (χ1n) is 5.59. The van der Waals surface area contributed by atoms with Gasteiger partial charge in [-0.25, -0.2) is 9.78 Å². The second-order valence-corrected chi connectivity index (χ2v) is 5.51. The van der Waals surface area contributed by atoms with E-state index in [4.69, 9.17) is 9.84 Å². The van der Waals surface area contributed by atoms with Crippen LogP contribution in [-0.2, 0) is 11.3 Å². The Hall–Kier alpha value is -1.40. The maximum absolute atomic E-state index is 11.3. The summed E-state index contributed by atoms with van der Waals surface area (Å²) in [5, 5.41) is 14.0. The summed E-state index contributed by atoms with van der Waals surface area (Å²) >= 11 is 1.44. The lowest BCUT2D eigenvalue weighted by molar-refractivity contribution is 0.0534. The average Bonchev–Trinajstić information content (AvgIpc) is 2.70. The third-order valence-corrected chi connectivity index (χ3v) is 2.61. The normalized spacial score (nSPS) is 11.8. The molecule has 1 rings (SSSR count). The number of aliphatic hydroxyl groups is 1. The zero-order valence-electron chi connectivity index (χ0n) is 10.8. The van der Waals surface area contributed by atoms with Gasteiger partial charge in [0.2, 0.25) is 0 Å². The van der Waals surface area contributed by atoms with Crippen molar-refractivity contribution in [3.63, 3.8) is 0 Å². The van der Waals surface area contributed by atoms with Gasteiger partial charge in [0.1, 0.15) is 10.6 Å². The first-order valence-corrected chi connectivity index (χ1v) is 6.47. The van der Waals surface area contributed by atoms with Gasteiger partial charge in [-0.3, -0.25) is 0 Å². The van der Waals surface area contributed by atoms with Gasteiger partial charge in [0, 0.05) is 11.9 Å². The van der Waals surface area contributed by atoms with Gasteiger partial charge in [-0.1, -0.05) is 6.08 Å². The summed E-state index contributed by atoms with van der Waals surface area (Å²) in [6.07, 6.45) is 3.13. The van der Waals surface area contributed by atoms with Crippen molar-refractivity contribution in [2.24, 2.45) is 0 Å². The van der Waals surface area contributed by atoms with Crippen LogP contribution in [0.15, 0.2) is 11.5 Å². The highest BCUT2D eigenvalue weighted by molar-refractivity contribution is 7.10. The Balaban J connectivity index is 2.31. The van der Waals surface area contributed by atoms with Crippen LogP contribution in [0.4, 0.5) is 4.79 Å². The Bertz CT molecular complexity index is 421. The Morgan fingerprint density at radius 3 is 2.89 bits per heavy atom. The van der Waals surface area contributed by atoms with E-state index in [-0.39, 0.29) is 6.61 Å². The van der Waals surface area contributed by atoms with Crippen LogP contribution in [0.3, 0.4) is 0 Å². The molecule has 0 saturated carbocycles. The van der Waals surface area contributed by atoms with E-state index >= 15 is 0 Å². The number of hydrogen-bond donors (Lipinski definition) is 2. The molecule has 0 fully saturated rings. The van der Waals surface area contributed by atoms with Crippen LogP contribution in [-0.4, -0.2) is 28.3 Å². The van der Waals surface area contributed by atoms with E-state index in [1.807, 2.05) is 20.8 Å². The van der Waals surface area contributed by atoms with Crippen LogP contribution in [0.1, 0.15) is 31.5 Å². The van der Waals surface area contributed by atoms with Crippen molar-refractivity contribution in [1.82, 2.24) is 10.3 Å². The molecule has 0 spiro atoms. The second kappa shape index (κ2) is 6.51. The Morgan fingerprint density at radius 2 is 2.33 bits per heavy atom. The van der Waals surface area contributed by atoms with Crippen molar-refractivity contribution in [3.8, 4) is 0 Å². The smallest absolute Gasteiger partial charge is 0.407 e. The van der Waals surface area contributed by atoms with Crippen molar-refractivity contribution >= 4 is 23.5 Å². The predicted octanol–water partition coefficient (Wildman–Crippen LogP) is 2.17. The largest absolute Gasteiger partial charge is 0.444 e. The molecule has 1 aromatic heterocycles. The topological polar surface area (TPSA) is 71.5 Å². The molecule has 5 nitrogen and oxygen atoms in total. The number of nitrogens with one attached hydrogen (secondary N) is 1. The number of carbonyl (C=O) groups is 1. The molecule has 0 aromatic carbocycles. The van der Waals surface area contributed by atoms with Gasteiger partial charge in [-0.15, -0.1) is 11.3 Å². The lowest BCUT2D eigenvalue weighted by atomic mass is 10.2. The molecule has 0 aliphatic carbocycles. The molecule has 0 aliphatic rings.